The average Bonchev–Trinajstić information content (AvgIpc) is 3.13. The number of nitrogens with zero attached hydrogens (tertiary/aromatic N) is 2. The second-order valence-corrected chi connectivity index (χ2v) is 11.0. The van der Waals surface area contributed by atoms with Crippen LogP contribution >= 0.6 is 31.9 Å². The summed E-state index contributed by atoms with van der Waals surface area (Å²) in [7, 11) is 0. The van der Waals surface area contributed by atoms with Gasteiger partial charge in [0, 0.05) is 27.6 Å². The largest absolute Gasteiger partial charge is 0.338 e. The number of halogens is 2. The molecule has 37 heavy (non-hydrogen) atoms. The van der Waals surface area contributed by atoms with Crippen LogP contribution in [0.25, 0.3) is 0 Å². The topological polar surface area (TPSA) is 86.8 Å². The molecule has 1 fully saturated rings. The van der Waals surface area contributed by atoms with E-state index in [1.165, 1.54) is 0 Å². The Bertz CT molecular complexity index is 1460. The smallest absolute Gasteiger partial charge is 0.266 e. The van der Waals surface area contributed by atoms with Crippen LogP contribution in [0.3, 0.4) is 0 Å². The van der Waals surface area contributed by atoms with Crippen molar-refractivity contribution in [2.75, 3.05) is 23.3 Å². The minimum absolute atomic E-state index is 0.0971. The third-order valence-corrected chi connectivity index (χ3v) is 7.74. The lowest BCUT2D eigenvalue weighted by atomic mass is 9.95. The highest BCUT2D eigenvalue weighted by Crippen LogP contribution is 2.35. The molecule has 0 spiro atoms. The van der Waals surface area contributed by atoms with E-state index in [2.05, 4.69) is 37.2 Å². The maximum atomic E-state index is 13.3. The number of fused-ring (bicyclic) bond motifs is 1. The summed E-state index contributed by atoms with van der Waals surface area (Å²) >= 11 is 6.77. The minimum Gasteiger partial charge on any atom is -0.338 e. The number of hydrogen-bond acceptors (Lipinski definition) is 4. The molecule has 0 radical (unpaired) electrons. The standard InChI is InChI=1S/C28H23Br2N3O4/c1-16-13-18(29)8-10-20(16)26(35)32-12-4-5-17(15-32)25(34)31-23-6-2-3-7-24(23)33-27(36)21-11-9-19(30)14-22(21)28(33)37/h2-3,6-11,13-14,17H,4-5,12,15H2,1H3,(H,31,34). The third-order valence-electron chi connectivity index (χ3n) is 6.75. The fourth-order valence-electron chi connectivity index (χ4n) is 4.85. The van der Waals surface area contributed by atoms with Crippen molar-refractivity contribution in [1.82, 2.24) is 4.90 Å². The summed E-state index contributed by atoms with van der Waals surface area (Å²) in [4.78, 5) is 55.5. The Balaban J connectivity index is 1.34. The van der Waals surface area contributed by atoms with Gasteiger partial charge >= 0.3 is 0 Å². The number of anilines is 2. The lowest BCUT2D eigenvalue weighted by molar-refractivity contribution is -0.121. The number of benzene rings is 3. The Labute approximate surface area is 231 Å². The molecule has 0 bridgehead atoms. The third kappa shape index (κ3) is 4.85. The van der Waals surface area contributed by atoms with Crippen molar-refractivity contribution in [1.29, 1.82) is 0 Å². The number of aryl methyl sites for hydroxylation is 1. The zero-order valence-corrected chi connectivity index (χ0v) is 23.1. The van der Waals surface area contributed by atoms with Crippen molar-refractivity contribution >= 4 is 66.9 Å². The number of rotatable bonds is 4. The quantitative estimate of drug-likeness (QED) is 0.371. The molecule has 5 rings (SSSR count). The first-order valence-electron chi connectivity index (χ1n) is 11.9. The van der Waals surface area contributed by atoms with E-state index in [-0.39, 0.29) is 11.8 Å². The number of imide groups is 1. The Morgan fingerprint density at radius 1 is 0.919 bits per heavy atom. The van der Waals surface area contributed by atoms with E-state index in [1.54, 1.807) is 53.4 Å². The van der Waals surface area contributed by atoms with Gasteiger partial charge in [-0.25, -0.2) is 4.90 Å². The van der Waals surface area contributed by atoms with E-state index >= 15 is 0 Å². The minimum atomic E-state index is -0.442. The molecule has 3 aromatic carbocycles. The van der Waals surface area contributed by atoms with Crippen LogP contribution in [0.2, 0.25) is 0 Å². The normalized spacial score (nSPS) is 17.1. The number of carbonyl (C=O) groups excluding carboxylic acids is 4. The van der Waals surface area contributed by atoms with Gasteiger partial charge < -0.3 is 10.2 Å². The molecule has 0 aliphatic carbocycles. The van der Waals surface area contributed by atoms with Gasteiger partial charge in [0.15, 0.2) is 0 Å². The lowest BCUT2D eigenvalue weighted by Gasteiger charge is -2.32. The number of likely N-dealkylation sites (tertiary alicyclic amines) is 1. The molecule has 0 saturated carbocycles. The Morgan fingerprint density at radius 3 is 2.41 bits per heavy atom. The zero-order valence-electron chi connectivity index (χ0n) is 20.0. The zero-order chi connectivity index (χ0) is 26.3. The molecule has 1 atom stereocenters. The number of para-hydroxylation sites is 2. The molecular formula is C28H23Br2N3O4. The van der Waals surface area contributed by atoms with Crippen molar-refractivity contribution in [2.24, 2.45) is 5.92 Å². The first kappa shape index (κ1) is 25.4. The van der Waals surface area contributed by atoms with Gasteiger partial charge in [-0.15, -0.1) is 0 Å². The van der Waals surface area contributed by atoms with E-state index in [9.17, 15) is 19.2 Å². The van der Waals surface area contributed by atoms with E-state index in [0.717, 1.165) is 14.9 Å². The first-order chi connectivity index (χ1) is 17.7. The number of nitrogens with one attached hydrogen (secondary N) is 1. The van der Waals surface area contributed by atoms with Crippen molar-refractivity contribution in [3.63, 3.8) is 0 Å². The summed E-state index contributed by atoms with van der Waals surface area (Å²) in [6, 6.07) is 17.2. The summed E-state index contributed by atoms with van der Waals surface area (Å²) in [6.07, 6.45) is 1.34. The number of carbonyl (C=O) groups is 4. The van der Waals surface area contributed by atoms with E-state index in [4.69, 9.17) is 0 Å². The summed E-state index contributed by atoms with van der Waals surface area (Å²) < 4.78 is 1.60. The number of amides is 4. The maximum Gasteiger partial charge on any atom is 0.266 e. The van der Waals surface area contributed by atoms with Gasteiger partial charge in [-0.05, 0) is 73.9 Å². The highest BCUT2D eigenvalue weighted by Gasteiger charge is 2.38. The molecule has 2 heterocycles. The highest BCUT2D eigenvalue weighted by atomic mass is 79.9. The van der Waals surface area contributed by atoms with Crippen molar-refractivity contribution in [2.45, 2.75) is 19.8 Å². The molecule has 3 aromatic rings. The monoisotopic (exact) mass is 623 g/mol. The molecular weight excluding hydrogens is 602 g/mol. The Hall–Kier alpha value is -3.30. The average molecular weight is 625 g/mol. The van der Waals surface area contributed by atoms with Crippen LogP contribution in [-0.4, -0.2) is 41.6 Å². The molecule has 2 aliphatic heterocycles. The Kier molecular flexibility index (Phi) is 7.00. The summed E-state index contributed by atoms with van der Waals surface area (Å²) in [6.45, 7) is 2.77. The van der Waals surface area contributed by atoms with Crippen LogP contribution in [0.15, 0.2) is 69.6 Å². The predicted molar refractivity (Wildman–Crippen MR) is 148 cm³/mol. The van der Waals surface area contributed by atoms with E-state index in [1.807, 2.05) is 19.1 Å². The van der Waals surface area contributed by atoms with Gasteiger partial charge in [0.05, 0.1) is 28.4 Å². The molecule has 7 nitrogen and oxygen atoms in total. The SMILES string of the molecule is Cc1cc(Br)ccc1C(=O)N1CCCC(C(=O)Nc2ccccc2N2C(=O)c3ccc(Br)cc3C2=O)C1. The second-order valence-electron chi connectivity index (χ2n) is 9.19. The van der Waals surface area contributed by atoms with Gasteiger partial charge in [0.1, 0.15) is 0 Å². The molecule has 1 unspecified atom stereocenters. The van der Waals surface area contributed by atoms with Crippen LogP contribution in [0.4, 0.5) is 11.4 Å². The fourth-order valence-corrected chi connectivity index (χ4v) is 5.69. The van der Waals surface area contributed by atoms with Crippen molar-refractivity contribution < 1.29 is 19.2 Å². The van der Waals surface area contributed by atoms with Gasteiger partial charge in [-0.2, -0.15) is 0 Å². The summed E-state index contributed by atoms with van der Waals surface area (Å²) in [5.74, 6) is -1.65. The van der Waals surface area contributed by atoms with Crippen LogP contribution in [-0.2, 0) is 4.79 Å². The van der Waals surface area contributed by atoms with Gasteiger partial charge in [-0.3, -0.25) is 19.2 Å². The predicted octanol–water partition coefficient (Wildman–Crippen LogP) is 5.81. The number of piperidine rings is 1. The number of hydrogen-bond donors (Lipinski definition) is 1. The summed E-state index contributed by atoms with van der Waals surface area (Å²) in [5, 5.41) is 2.92. The highest BCUT2D eigenvalue weighted by molar-refractivity contribution is 9.10. The molecule has 9 heteroatoms. The van der Waals surface area contributed by atoms with Crippen LogP contribution in [0, 0.1) is 12.8 Å². The molecule has 4 amide bonds. The van der Waals surface area contributed by atoms with Crippen LogP contribution in [0.5, 0.6) is 0 Å². The maximum absolute atomic E-state index is 13.3. The van der Waals surface area contributed by atoms with E-state index < -0.39 is 17.7 Å². The molecule has 1 N–H and O–H groups in total. The van der Waals surface area contributed by atoms with Gasteiger partial charge in [-0.1, -0.05) is 44.0 Å². The fraction of sp³-hybridized carbons (Fsp3) is 0.214. The second kappa shape index (κ2) is 10.2. The van der Waals surface area contributed by atoms with Gasteiger partial charge in [0.2, 0.25) is 5.91 Å². The van der Waals surface area contributed by atoms with Crippen molar-refractivity contribution in [3.05, 3.63) is 91.9 Å². The van der Waals surface area contributed by atoms with Gasteiger partial charge in [0.25, 0.3) is 17.7 Å². The van der Waals surface area contributed by atoms with Crippen molar-refractivity contribution in [3.8, 4) is 0 Å². The molecule has 1 saturated heterocycles. The molecule has 2 aliphatic rings. The van der Waals surface area contributed by atoms with E-state index in [0.29, 0.717) is 58.5 Å². The summed E-state index contributed by atoms with van der Waals surface area (Å²) in [5.41, 5.74) is 2.80. The lowest BCUT2D eigenvalue weighted by Crippen LogP contribution is -2.44. The molecule has 0 aromatic heterocycles. The van der Waals surface area contributed by atoms with Crippen LogP contribution in [0.1, 0.15) is 49.5 Å². The van der Waals surface area contributed by atoms with Crippen LogP contribution < -0.4 is 10.2 Å². The first-order valence-corrected chi connectivity index (χ1v) is 13.5. The Morgan fingerprint density at radius 2 is 1.62 bits per heavy atom. The molecule has 188 valence electrons.